The lowest BCUT2D eigenvalue weighted by atomic mass is 10.0. The maximum absolute atomic E-state index is 11.0. The number of carbonyl (C=O) groups is 1. The molecule has 0 aromatic carbocycles. The third-order valence-electron chi connectivity index (χ3n) is 2.65. The van der Waals surface area contributed by atoms with Crippen molar-refractivity contribution in [2.24, 2.45) is 5.92 Å². The molecule has 0 saturated carbocycles. The van der Waals surface area contributed by atoms with E-state index in [4.69, 9.17) is 0 Å². The molecule has 1 atom stereocenters. The number of ether oxygens (including phenoxy) is 1. The van der Waals surface area contributed by atoms with Gasteiger partial charge in [-0.3, -0.25) is 9.69 Å². The minimum atomic E-state index is -0.114. The Hall–Kier alpha value is -0.570. The van der Waals surface area contributed by atoms with Crippen molar-refractivity contribution >= 4 is 5.97 Å². The Morgan fingerprint density at radius 1 is 1.62 bits per heavy atom. The Kier molecular flexibility index (Phi) is 4.22. The standard InChI is InChI=1S/C10H19NO2/c1-3-4-9-5-6-11(7-9)8-10(12)13-2/h9H,3-8H2,1-2H3. The van der Waals surface area contributed by atoms with Crippen molar-refractivity contribution in [1.29, 1.82) is 0 Å². The summed E-state index contributed by atoms with van der Waals surface area (Å²) in [6.07, 6.45) is 3.78. The number of likely N-dealkylation sites (tertiary alicyclic amines) is 1. The van der Waals surface area contributed by atoms with E-state index in [2.05, 4.69) is 16.6 Å². The molecule has 0 spiro atoms. The minimum Gasteiger partial charge on any atom is -0.468 e. The summed E-state index contributed by atoms with van der Waals surface area (Å²) in [6, 6.07) is 0. The predicted molar refractivity (Wildman–Crippen MR) is 51.5 cm³/mol. The fourth-order valence-corrected chi connectivity index (χ4v) is 1.95. The van der Waals surface area contributed by atoms with Gasteiger partial charge in [-0.15, -0.1) is 0 Å². The van der Waals surface area contributed by atoms with Crippen LogP contribution in [0.4, 0.5) is 0 Å². The summed E-state index contributed by atoms with van der Waals surface area (Å²) in [7, 11) is 1.45. The molecule has 0 aromatic heterocycles. The number of carbonyl (C=O) groups excluding carboxylic acids is 1. The molecule has 1 aliphatic heterocycles. The summed E-state index contributed by atoms with van der Waals surface area (Å²) in [5.74, 6) is 0.687. The van der Waals surface area contributed by atoms with Crippen LogP contribution >= 0.6 is 0 Å². The van der Waals surface area contributed by atoms with Gasteiger partial charge in [-0.1, -0.05) is 13.3 Å². The van der Waals surface area contributed by atoms with Crippen LogP contribution in [0.15, 0.2) is 0 Å². The topological polar surface area (TPSA) is 29.5 Å². The lowest BCUT2D eigenvalue weighted by Gasteiger charge is -2.13. The molecule has 1 aliphatic rings. The van der Waals surface area contributed by atoms with E-state index in [-0.39, 0.29) is 5.97 Å². The molecular weight excluding hydrogens is 166 g/mol. The summed E-state index contributed by atoms with van der Waals surface area (Å²) in [6.45, 7) is 4.81. The van der Waals surface area contributed by atoms with E-state index in [9.17, 15) is 4.79 Å². The first kappa shape index (κ1) is 10.5. The second-order valence-corrected chi connectivity index (χ2v) is 3.75. The molecule has 76 valence electrons. The van der Waals surface area contributed by atoms with E-state index < -0.39 is 0 Å². The van der Waals surface area contributed by atoms with Crippen LogP contribution in [-0.2, 0) is 9.53 Å². The van der Waals surface area contributed by atoms with Crippen LogP contribution in [0.1, 0.15) is 26.2 Å². The maximum atomic E-state index is 11.0. The lowest BCUT2D eigenvalue weighted by molar-refractivity contribution is -0.141. The molecule has 3 nitrogen and oxygen atoms in total. The number of methoxy groups -OCH3 is 1. The summed E-state index contributed by atoms with van der Waals surface area (Å²) < 4.78 is 4.63. The van der Waals surface area contributed by atoms with E-state index >= 15 is 0 Å². The smallest absolute Gasteiger partial charge is 0.319 e. The van der Waals surface area contributed by atoms with Gasteiger partial charge in [0.1, 0.15) is 0 Å². The molecule has 3 heteroatoms. The van der Waals surface area contributed by atoms with Gasteiger partial charge in [-0.05, 0) is 25.3 Å². The first-order valence-corrected chi connectivity index (χ1v) is 5.05. The molecule has 1 unspecified atom stereocenters. The number of hydrogen-bond donors (Lipinski definition) is 0. The van der Waals surface area contributed by atoms with Crippen LogP contribution in [0, 0.1) is 5.92 Å². The van der Waals surface area contributed by atoms with E-state index in [1.807, 2.05) is 0 Å². The molecule has 1 rings (SSSR count). The Bertz CT molecular complexity index is 170. The SMILES string of the molecule is CCCC1CCN(CC(=O)OC)C1. The molecule has 0 aromatic rings. The van der Waals surface area contributed by atoms with E-state index in [1.165, 1.54) is 26.4 Å². The molecule has 1 heterocycles. The number of hydrogen-bond acceptors (Lipinski definition) is 3. The Morgan fingerprint density at radius 2 is 2.38 bits per heavy atom. The second kappa shape index (κ2) is 5.22. The highest BCUT2D eigenvalue weighted by atomic mass is 16.5. The first-order valence-electron chi connectivity index (χ1n) is 5.05. The van der Waals surface area contributed by atoms with Crippen LogP contribution in [0.3, 0.4) is 0 Å². The summed E-state index contributed by atoms with van der Waals surface area (Å²) >= 11 is 0. The van der Waals surface area contributed by atoms with Gasteiger partial charge in [0.25, 0.3) is 0 Å². The van der Waals surface area contributed by atoms with Crippen molar-refractivity contribution < 1.29 is 9.53 Å². The Morgan fingerprint density at radius 3 is 3.00 bits per heavy atom. The van der Waals surface area contributed by atoms with Crippen molar-refractivity contribution in [1.82, 2.24) is 4.90 Å². The average molecular weight is 185 g/mol. The number of rotatable bonds is 4. The number of nitrogens with zero attached hydrogens (tertiary/aromatic N) is 1. The van der Waals surface area contributed by atoms with Gasteiger partial charge < -0.3 is 4.74 Å². The zero-order valence-corrected chi connectivity index (χ0v) is 8.58. The lowest BCUT2D eigenvalue weighted by Crippen LogP contribution is -2.28. The minimum absolute atomic E-state index is 0.114. The highest BCUT2D eigenvalue weighted by Gasteiger charge is 2.23. The van der Waals surface area contributed by atoms with Crippen LogP contribution in [0.25, 0.3) is 0 Å². The zero-order valence-electron chi connectivity index (χ0n) is 8.58. The molecule has 0 aliphatic carbocycles. The summed E-state index contributed by atoms with van der Waals surface area (Å²) in [4.78, 5) is 13.2. The van der Waals surface area contributed by atoms with Crippen molar-refractivity contribution in [3.63, 3.8) is 0 Å². The second-order valence-electron chi connectivity index (χ2n) is 3.75. The highest BCUT2D eigenvalue weighted by Crippen LogP contribution is 2.20. The maximum Gasteiger partial charge on any atom is 0.319 e. The quantitative estimate of drug-likeness (QED) is 0.618. The van der Waals surface area contributed by atoms with Crippen LogP contribution in [0.5, 0.6) is 0 Å². The fourth-order valence-electron chi connectivity index (χ4n) is 1.95. The number of esters is 1. The van der Waals surface area contributed by atoms with E-state index in [0.717, 1.165) is 19.0 Å². The van der Waals surface area contributed by atoms with Crippen LogP contribution in [-0.4, -0.2) is 37.6 Å². The van der Waals surface area contributed by atoms with Gasteiger partial charge in [0.2, 0.25) is 0 Å². The molecule has 1 fully saturated rings. The largest absolute Gasteiger partial charge is 0.468 e. The zero-order chi connectivity index (χ0) is 9.68. The van der Waals surface area contributed by atoms with Gasteiger partial charge in [0.15, 0.2) is 0 Å². The molecular formula is C10H19NO2. The van der Waals surface area contributed by atoms with E-state index in [1.54, 1.807) is 0 Å². The third-order valence-corrected chi connectivity index (χ3v) is 2.65. The molecule has 0 radical (unpaired) electrons. The van der Waals surface area contributed by atoms with Crippen molar-refractivity contribution in [3.05, 3.63) is 0 Å². The van der Waals surface area contributed by atoms with Crippen molar-refractivity contribution in [3.8, 4) is 0 Å². The van der Waals surface area contributed by atoms with Crippen LogP contribution < -0.4 is 0 Å². The monoisotopic (exact) mass is 185 g/mol. The van der Waals surface area contributed by atoms with E-state index in [0.29, 0.717) is 6.54 Å². The summed E-state index contributed by atoms with van der Waals surface area (Å²) in [5, 5.41) is 0. The van der Waals surface area contributed by atoms with Crippen molar-refractivity contribution in [2.75, 3.05) is 26.7 Å². The van der Waals surface area contributed by atoms with Gasteiger partial charge >= 0.3 is 5.97 Å². The van der Waals surface area contributed by atoms with Gasteiger partial charge in [-0.2, -0.15) is 0 Å². The molecule has 0 N–H and O–H groups in total. The molecule has 0 amide bonds. The van der Waals surface area contributed by atoms with Gasteiger partial charge in [-0.25, -0.2) is 0 Å². The van der Waals surface area contributed by atoms with Gasteiger partial charge in [0, 0.05) is 6.54 Å². The van der Waals surface area contributed by atoms with Gasteiger partial charge in [0.05, 0.1) is 13.7 Å². The molecule has 0 bridgehead atoms. The normalized spacial score (nSPS) is 23.4. The highest BCUT2D eigenvalue weighted by molar-refractivity contribution is 5.71. The predicted octanol–water partition coefficient (Wildman–Crippen LogP) is 1.28. The average Bonchev–Trinajstić information content (AvgIpc) is 2.53. The fraction of sp³-hybridized carbons (Fsp3) is 0.900. The molecule has 1 saturated heterocycles. The third kappa shape index (κ3) is 3.35. The molecule has 13 heavy (non-hydrogen) atoms. The summed E-state index contributed by atoms with van der Waals surface area (Å²) in [5.41, 5.74) is 0. The Balaban J connectivity index is 2.20. The first-order chi connectivity index (χ1) is 6.26. The Labute approximate surface area is 80.1 Å². The van der Waals surface area contributed by atoms with Crippen molar-refractivity contribution in [2.45, 2.75) is 26.2 Å². The van der Waals surface area contributed by atoms with Crippen LogP contribution in [0.2, 0.25) is 0 Å².